The number of hydrogen-bond acceptors (Lipinski definition) is 7. The molecule has 0 radical (unpaired) electrons. The van der Waals surface area contributed by atoms with Gasteiger partial charge in [0.15, 0.2) is 5.82 Å². The predicted molar refractivity (Wildman–Crippen MR) is 99.8 cm³/mol. The summed E-state index contributed by atoms with van der Waals surface area (Å²) in [5, 5.41) is 6.32. The van der Waals surface area contributed by atoms with Gasteiger partial charge < -0.3 is 9.15 Å². The second kappa shape index (κ2) is 7.16. The molecular formula is C19H16N4O3S. The molecule has 0 saturated carbocycles. The Hall–Kier alpha value is -3.26. The molecule has 0 aliphatic rings. The number of carbonyl (C=O) groups is 1. The number of aromatic nitrogens is 4. The third-order valence-electron chi connectivity index (χ3n) is 3.85. The number of nitrogens with zero attached hydrogens (tertiary/aromatic N) is 4. The second-order valence-electron chi connectivity index (χ2n) is 5.94. The van der Waals surface area contributed by atoms with Crippen LogP contribution in [0.2, 0.25) is 0 Å². The van der Waals surface area contributed by atoms with E-state index in [9.17, 15) is 4.79 Å². The maximum atomic E-state index is 12.2. The van der Waals surface area contributed by atoms with Crippen LogP contribution in [0, 0.1) is 13.8 Å². The van der Waals surface area contributed by atoms with Crippen molar-refractivity contribution in [2.45, 2.75) is 20.5 Å². The summed E-state index contributed by atoms with van der Waals surface area (Å²) in [4.78, 5) is 21.8. The van der Waals surface area contributed by atoms with E-state index >= 15 is 0 Å². The first kappa shape index (κ1) is 17.2. The normalized spacial score (nSPS) is 10.9. The van der Waals surface area contributed by atoms with Crippen LogP contribution in [0.15, 0.2) is 52.6 Å². The van der Waals surface area contributed by atoms with E-state index in [1.54, 1.807) is 16.8 Å². The second-order valence-corrected chi connectivity index (χ2v) is 6.89. The van der Waals surface area contributed by atoms with Gasteiger partial charge in [0.1, 0.15) is 18.6 Å². The summed E-state index contributed by atoms with van der Waals surface area (Å²) in [6, 6.07) is 9.21. The van der Waals surface area contributed by atoms with Gasteiger partial charge in [0, 0.05) is 11.9 Å². The molecule has 4 rings (SSSR count). The van der Waals surface area contributed by atoms with Crippen molar-refractivity contribution < 1.29 is 13.9 Å². The fraction of sp³-hybridized carbons (Fsp3) is 0.158. The Balaban J connectivity index is 1.40. The molecule has 8 heteroatoms. The minimum absolute atomic E-state index is 0.0346. The molecule has 4 aromatic rings. The lowest BCUT2D eigenvalue weighted by molar-refractivity contribution is 0.0467. The molecule has 0 atom stereocenters. The molecule has 0 aliphatic heterocycles. The van der Waals surface area contributed by atoms with Crippen molar-refractivity contribution in [1.82, 2.24) is 19.7 Å². The van der Waals surface area contributed by atoms with Crippen LogP contribution in [0.5, 0.6) is 0 Å². The van der Waals surface area contributed by atoms with Crippen LogP contribution in [0.4, 0.5) is 0 Å². The zero-order chi connectivity index (χ0) is 18.8. The summed E-state index contributed by atoms with van der Waals surface area (Å²) in [7, 11) is 0. The average molecular weight is 380 g/mol. The zero-order valence-corrected chi connectivity index (χ0v) is 15.6. The van der Waals surface area contributed by atoms with E-state index in [1.807, 2.05) is 37.4 Å². The molecule has 0 aliphatic carbocycles. The Bertz CT molecular complexity index is 1070. The minimum Gasteiger partial charge on any atom is -0.455 e. The zero-order valence-electron chi connectivity index (χ0n) is 14.7. The van der Waals surface area contributed by atoms with Crippen LogP contribution in [-0.4, -0.2) is 25.7 Å². The van der Waals surface area contributed by atoms with Gasteiger partial charge in [0.05, 0.1) is 16.1 Å². The quantitative estimate of drug-likeness (QED) is 0.487. The number of oxazole rings is 1. The molecule has 4 heterocycles. The van der Waals surface area contributed by atoms with Crippen molar-refractivity contribution in [3.05, 3.63) is 70.8 Å². The highest BCUT2D eigenvalue weighted by Crippen LogP contribution is 2.23. The van der Waals surface area contributed by atoms with Gasteiger partial charge in [-0.25, -0.2) is 19.4 Å². The highest BCUT2D eigenvalue weighted by atomic mass is 32.1. The highest BCUT2D eigenvalue weighted by Gasteiger charge is 2.13. The molecule has 136 valence electrons. The topological polar surface area (TPSA) is 83.0 Å². The highest BCUT2D eigenvalue weighted by molar-refractivity contribution is 7.13. The number of pyridine rings is 1. The maximum absolute atomic E-state index is 12.2. The molecule has 0 bridgehead atoms. The molecule has 7 nitrogen and oxygen atoms in total. The summed E-state index contributed by atoms with van der Waals surface area (Å²) in [6.07, 6.45) is 2.97. The summed E-state index contributed by atoms with van der Waals surface area (Å²) in [6.45, 7) is 3.90. The number of ether oxygens (including phenoxy) is 1. The fourth-order valence-electron chi connectivity index (χ4n) is 2.60. The Morgan fingerprint density at radius 1 is 1.30 bits per heavy atom. The lowest BCUT2D eigenvalue weighted by Crippen LogP contribution is -2.08. The first-order valence-electron chi connectivity index (χ1n) is 8.25. The maximum Gasteiger partial charge on any atom is 0.340 e. The molecule has 0 spiro atoms. The lowest BCUT2D eigenvalue weighted by atomic mass is 10.3. The van der Waals surface area contributed by atoms with Gasteiger partial charge in [-0.05, 0) is 43.5 Å². The average Bonchev–Trinajstić information content (AvgIpc) is 3.40. The summed E-state index contributed by atoms with van der Waals surface area (Å²) in [5.74, 6) is 0.698. The van der Waals surface area contributed by atoms with Crippen LogP contribution in [0.1, 0.15) is 27.4 Å². The molecular weight excluding hydrogens is 364 g/mol. The van der Waals surface area contributed by atoms with Crippen LogP contribution >= 0.6 is 11.3 Å². The summed E-state index contributed by atoms with van der Waals surface area (Å²) in [5.41, 5.74) is 2.80. The molecule has 0 saturated heterocycles. The van der Waals surface area contributed by atoms with Crippen molar-refractivity contribution in [3.8, 4) is 16.6 Å². The Labute approximate surface area is 159 Å². The Kier molecular flexibility index (Phi) is 4.55. The van der Waals surface area contributed by atoms with Crippen LogP contribution < -0.4 is 0 Å². The van der Waals surface area contributed by atoms with E-state index in [4.69, 9.17) is 9.15 Å². The van der Waals surface area contributed by atoms with Crippen LogP contribution in [-0.2, 0) is 11.3 Å². The number of hydrogen-bond donors (Lipinski definition) is 0. The van der Waals surface area contributed by atoms with Gasteiger partial charge in [-0.2, -0.15) is 5.10 Å². The van der Waals surface area contributed by atoms with E-state index in [0.717, 1.165) is 16.3 Å². The van der Waals surface area contributed by atoms with E-state index in [1.165, 1.54) is 23.8 Å². The first-order chi connectivity index (χ1) is 13.1. The lowest BCUT2D eigenvalue weighted by Gasteiger charge is -2.05. The Morgan fingerprint density at radius 3 is 2.85 bits per heavy atom. The number of esters is 1. The van der Waals surface area contributed by atoms with Crippen molar-refractivity contribution in [2.75, 3.05) is 0 Å². The van der Waals surface area contributed by atoms with Crippen molar-refractivity contribution in [3.63, 3.8) is 0 Å². The van der Waals surface area contributed by atoms with Gasteiger partial charge in [-0.15, -0.1) is 11.3 Å². The monoisotopic (exact) mass is 380 g/mol. The van der Waals surface area contributed by atoms with Crippen LogP contribution in [0.3, 0.4) is 0 Å². The van der Waals surface area contributed by atoms with E-state index < -0.39 is 5.97 Å². The van der Waals surface area contributed by atoms with Crippen molar-refractivity contribution in [1.29, 1.82) is 0 Å². The van der Waals surface area contributed by atoms with Gasteiger partial charge in [0.2, 0.25) is 5.89 Å². The van der Waals surface area contributed by atoms with E-state index in [0.29, 0.717) is 23.0 Å². The molecule has 0 N–H and O–H groups in total. The summed E-state index contributed by atoms with van der Waals surface area (Å²) < 4.78 is 12.4. The van der Waals surface area contributed by atoms with Crippen molar-refractivity contribution in [2.24, 2.45) is 0 Å². The molecule has 0 amide bonds. The number of rotatable bonds is 5. The summed E-state index contributed by atoms with van der Waals surface area (Å²) >= 11 is 1.53. The smallest absolute Gasteiger partial charge is 0.340 e. The van der Waals surface area contributed by atoms with Gasteiger partial charge >= 0.3 is 5.97 Å². The van der Waals surface area contributed by atoms with Gasteiger partial charge in [-0.1, -0.05) is 6.07 Å². The standard InChI is InChI=1S/C19H16N4O3S/c1-12-8-13(2)23(22-12)17-6-5-14(9-20-17)19(24)26-11-15-10-25-18(21-15)16-4-3-7-27-16/h3-10H,11H2,1-2H3. The molecule has 0 fully saturated rings. The van der Waals surface area contributed by atoms with E-state index in [-0.39, 0.29) is 6.61 Å². The Morgan fingerprint density at radius 2 is 2.19 bits per heavy atom. The molecule has 0 unspecified atom stereocenters. The van der Waals surface area contributed by atoms with Gasteiger partial charge in [-0.3, -0.25) is 0 Å². The largest absolute Gasteiger partial charge is 0.455 e. The predicted octanol–water partition coefficient (Wildman–Crippen LogP) is 3.96. The molecule has 27 heavy (non-hydrogen) atoms. The van der Waals surface area contributed by atoms with E-state index in [2.05, 4.69) is 15.1 Å². The first-order valence-corrected chi connectivity index (χ1v) is 9.13. The molecule has 0 aromatic carbocycles. The third kappa shape index (κ3) is 3.65. The number of carbonyl (C=O) groups excluding carboxylic acids is 1. The van der Waals surface area contributed by atoms with Crippen LogP contribution in [0.25, 0.3) is 16.6 Å². The third-order valence-corrected chi connectivity index (χ3v) is 4.70. The minimum atomic E-state index is -0.469. The molecule has 4 aromatic heterocycles. The van der Waals surface area contributed by atoms with Gasteiger partial charge in [0.25, 0.3) is 0 Å². The number of aryl methyl sites for hydroxylation is 2. The SMILES string of the molecule is Cc1cc(C)n(-c2ccc(C(=O)OCc3coc(-c4cccs4)n3)cn2)n1. The number of thiophene rings is 1. The fourth-order valence-corrected chi connectivity index (χ4v) is 3.26. The van der Waals surface area contributed by atoms with Crippen molar-refractivity contribution >= 4 is 17.3 Å².